The van der Waals surface area contributed by atoms with Crippen molar-refractivity contribution in [1.29, 1.82) is 0 Å². The Labute approximate surface area is 112 Å². The topological polar surface area (TPSA) is 64.3 Å². The monoisotopic (exact) mass is 270 g/mol. The van der Waals surface area contributed by atoms with Crippen molar-refractivity contribution in [2.75, 3.05) is 18.5 Å². The standard InChI is InChI=1S/C13H19ClN2O2/c1-3-18-12-7-9(2)11(8-10(12)14)16-13(17)5-4-6-15/h7-8H,3-6,15H2,1-2H3,(H,16,17). The van der Waals surface area contributed by atoms with E-state index in [1.807, 2.05) is 19.9 Å². The van der Waals surface area contributed by atoms with Crippen LogP contribution in [-0.2, 0) is 4.79 Å². The van der Waals surface area contributed by atoms with Crippen molar-refractivity contribution >= 4 is 23.2 Å². The smallest absolute Gasteiger partial charge is 0.224 e. The molecular weight excluding hydrogens is 252 g/mol. The average molecular weight is 271 g/mol. The van der Waals surface area contributed by atoms with E-state index in [0.29, 0.717) is 42.5 Å². The number of nitrogens with two attached hydrogens (primary N) is 1. The first-order valence-corrected chi connectivity index (χ1v) is 6.39. The van der Waals surface area contributed by atoms with E-state index in [1.54, 1.807) is 6.07 Å². The summed E-state index contributed by atoms with van der Waals surface area (Å²) in [6.45, 7) is 4.86. The Morgan fingerprint density at radius 3 is 2.83 bits per heavy atom. The lowest BCUT2D eigenvalue weighted by atomic mass is 10.2. The predicted molar refractivity (Wildman–Crippen MR) is 74.3 cm³/mol. The van der Waals surface area contributed by atoms with Gasteiger partial charge in [0.15, 0.2) is 0 Å². The average Bonchev–Trinajstić information content (AvgIpc) is 2.33. The number of amides is 1. The van der Waals surface area contributed by atoms with Crippen molar-refractivity contribution in [3.05, 3.63) is 22.7 Å². The predicted octanol–water partition coefficient (Wildman–Crippen LogP) is 2.72. The van der Waals surface area contributed by atoms with Gasteiger partial charge in [-0.1, -0.05) is 11.6 Å². The molecule has 0 aliphatic rings. The van der Waals surface area contributed by atoms with Gasteiger partial charge in [-0.25, -0.2) is 0 Å². The summed E-state index contributed by atoms with van der Waals surface area (Å²) >= 11 is 6.07. The van der Waals surface area contributed by atoms with Gasteiger partial charge in [-0.2, -0.15) is 0 Å². The van der Waals surface area contributed by atoms with Gasteiger partial charge in [-0.3, -0.25) is 4.79 Å². The van der Waals surface area contributed by atoms with Gasteiger partial charge in [-0.05, 0) is 44.5 Å². The normalized spacial score (nSPS) is 10.2. The molecule has 0 saturated heterocycles. The van der Waals surface area contributed by atoms with Crippen LogP contribution in [0.4, 0.5) is 5.69 Å². The minimum Gasteiger partial charge on any atom is -0.492 e. The molecule has 1 aromatic rings. The number of aryl methyl sites for hydroxylation is 1. The number of nitrogens with one attached hydrogen (secondary N) is 1. The van der Waals surface area contributed by atoms with Crippen molar-refractivity contribution in [3.63, 3.8) is 0 Å². The van der Waals surface area contributed by atoms with Crippen LogP contribution in [0.5, 0.6) is 5.75 Å². The van der Waals surface area contributed by atoms with Crippen LogP contribution in [0, 0.1) is 6.92 Å². The highest BCUT2D eigenvalue weighted by molar-refractivity contribution is 6.32. The van der Waals surface area contributed by atoms with Crippen molar-refractivity contribution < 1.29 is 9.53 Å². The third kappa shape index (κ3) is 4.20. The van der Waals surface area contributed by atoms with Gasteiger partial charge in [-0.15, -0.1) is 0 Å². The van der Waals surface area contributed by atoms with Crippen LogP contribution in [0.3, 0.4) is 0 Å². The molecule has 0 atom stereocenters. The summed E-state index contributed by atoms with van der Waals surface area (Å²) in [7, 11) is 0. The zero-order valence-electron chi connectivity index (χ0n) is 10.8. The van der Waals surface area contributed by atoms with Crippen LogP contribution < -0.4 is 15.8 Å². The van der Waals surface area contributed by atoms with Crippen molar-refractivity contribution in [2.45, 2.75) is 26.7 Å². The number of carbonyl (C=O) groups excluding carboxylic acids is 1. The maximum atomic E-state index is 11.6. The molecule has 1 rings (SSSR count). The molecule has 0 aliphatic carbocycles. The molecule has 0 aliphatic heterocycles. The van der Waals surface area contributed by atoms with Crippen molar-refractivity contribution in [1.82, 2.24) is 0 Å². The maximum absolute atomic E-state index is 11.6. The number of rotatable bonds is 6. The van der Waals surface area contributed by atoms with Crippen molar-refractivity contribution in [2.24, 2.45) is 5.73 Å². The number of hydrogen-bond donors (Lipinski definition) is 2. The van der Waals surface area contributed by atoms with Gasteiger partial charge in [0, 0.05) is 12.1 Å². The first kappa shape index (κ1) is 14.8. The number of benzene rings is 1. The highest BCUT2D eigenvalue weighted by atomic mass is 35.5. The molecule has 5 heteroatoms. The fourth-order valence-electron chi connectivity index (χ4n) is 1.53. The lowest BCUT2D eigenvalue weighted by molar-refractivity contribution is -0.116. The Morgan fingerprint density at radius 1 is 1.50 bits per heavy atom. The highest BCUT2D eigenvalue weighted by Gasteiger charge is 2.09. The fraction of sp³-hybridized carbons (Fsp3) is 0.462. The Kier molecular flexibility index (Phi) is 5.95. The Morgan fingerprint density at radius 2 is 2.22 bits per heavy atom. The van der Waals surface area contributed by atoms with Gasteiger partial charge < -0.3 is 15.8 Å². The molecule has 0 spiro atoms. The van der Waals surface area contributed by atoms with Crippen LogP contribution in [0.25, 0.3) is 0 Å². The summed E-state index contributed by atoms with van der Waals surface area (Å²) < 4.78 is 5.38. The molecule has 0 aromatic heterocycles. The van der Waals surface area contributed by atoms with Gasteiger partial charge in [0.05, 0.1) is 11.6 Å². The van der Waals surface area contributed by atoms with Crippen molar-refractivity contribution in [3.8, 4) is 5.75 Å². The summed E-state index contributed by atoms with van der Waals surface area (Å²) in [6, 6.07) is 3.53. The molecule has 0 radical (unpaired) electrons. The van der Waals surface area contributed by atoms with E-state index in [1.165, 1.54) is 0 Å². The minimum atomic E-state index is -0.0521. The molecule has 0 fully saturated rings. The van der Waals surface area contributed by atoms with E-state index >= 15 is 0 Å². The van der Waals surface area contributed by atoms with E-state index in [9.17, 15) is 4.79 Å². The van der Waals surface area contributed by atoms with Gasteiger partial charge in [0.25, 0.3) is 0 Å². The molecule has 18 heavy (non-hydrogen) atoms. The zero-order chi connectivity index (χ0) is 13.5. The number of halogens is 1. The number of carbonyl (C=O) groups is 1. The Balaban J connectivity index is 2.78. The molecule has 4 nitrogen and oxygen atoms in total. The summed E-state index contributed by atoms with van der Waals surface area (Å²) in [6.07, 6.45) is 1.09. The third-order valence-corrected chi connectivity index (χ3v) is 2.76. The number of ether oxygens (including phenoxy) is 1. The minimum absolute atomic E-state index is 0.0521. The molecule has 1 amide bonds. The Bertz CT molecular complexity index is 422. The second kappa shape index (κ2) is 7.24. The molecule has 0 heterocycles. The van der Waals surface area contributed by atoms with E-state index in [-0.39, 0.29) is 5.91 Å². The van der Waals surface area contributed by atoms with E-state index in [4.69, 9.17) is 22.1 Å². The lowest BCUT2D eigenvalue weighted by Gasteiger charge is -2.12. The molecule has 100 valence electrons. The summed E-state index contributed by atoms with van der Waals surface area (Å²) in [5.74, 6) is 0.584. The van der Waals surface area contributed by atoms with Crippen LogP contribution in [0.1, 0.15) is 25.3 Å². The number of anilines is 1. The van der Waals surface area contributed by atoms with Gasteiger partial charge >= 0.3 is 0 Å². The van der Waals surface area contributed by atoms with E-state index in [0.717, 1.165) is 5.56 Å². The highest BCUT2D eigenvalue weighted by Crippen LogP contribution is 2.31. The van der Waals surface area contributed by atoms with Gasteiger partial charge in [0.2, 0.25) is 5.91 Å². The second-order valence-corrected chi connectivity index (χ2v) is 4.38. The molecule has 1 aromatic carbocycles. The lowest BCUT2D eigenvalue weighted by Crippen LogP contribution is -2.14. The first-order chi connectivity index (χ1) is 8.58. The molecule has 3 N–H and O–H groups in total. The van der Waals surface area contributed by atoms with Gasteiger partial charge in [0.1, 0.15) is 5.75 Å². The first-order valence-electron chi connectivity index (χ1n) is 6.01. The Hall–Kier alpha value is -1.26. The van der Waals surface area contributed by atoms with Crippen LogP contribution in [0.2, 0.25) is 5.02 Å². The maximum Gasteiger partial charge on any atom is 0.224 e. The summed E-state index contributed by atoms with van der Waals surface area (Å²) in [4.78, 5) is 11.6. The van der Waals surface area contributed by atoms with Crippen LogP contribution in [0.15, 0.2) is 12.1 Å². The summed E-state index contributed by atoms with van der Waals surface area (Å²) in [5.41, 5.74) is 6.99. The fourth-order valence-corrected chi connectivity index (χ4v) is 1.75. The quantitative estimate of drug-likeness (QED) is 0.835. The third-order valence-electron chi connectivity index (χ3n) is 2.46. The number of hydrogen-bond acceptors (Lipinski definition) is 3. The molecule has 0 unspecified atom stereocenters. The second-order valence-electron chi connectivity index (χ2n) is 3.97. The van der Waals surface area contributed by atoms with E-state index in [2.05, 4.69) is 5.32 Å². The molecule has 0 saturated carbocycles. The summed E-state index contributed by atoms with van der Waals surface area (Å²) in [5, 5.41) is 3.32. The van der Waals surface area contributed by atoms with Crippen LogP contribution >= 0.6 is 11.6 Å². The molecule has 0 bridgehead atoms. The zero-order valence-corrected chi connectivity index (χ0v) is 11.5. The van der Waals surface area contributed by atoms with E-state index < -0.39 is 0 Å². The largest absolute Gasteiger partial charge is 0.492 e. The SMILES string of the molecule is CCOc1cc(C)c(NC(=O)CCCN)cc1Cl. The molecular formula is C13H19ClN2O2. The van der Waals surface area contributed by atoms with Crippen LogP contribution in [-0.4, -0.2) is 19.1 Å².